The molecule has 0 bridgehead atoms. The Labute approximate surface area is 128 Å². The lowest BCUT2D eigenvalue weighted by atomic mass is 10.2. The molecule has 0 spiro atoms. The highest BCUT2D eigenvalue weighted by atomic mass is 79.9. The molecule has 0 saturated heterocycles. The summed E-state index contributed by atoms with van der Waals surface area (Å²) in [6.07, 6.45) is 2.96. The van der Waals surface area contributed by atoms with Crippen LogP contribution < -0.4 is 5.32 Å². The molecule has 21 heavy (non-hydrogen) atoms. The zero-order valence-electron chi connectivity index (χ0n) is 10.9. The molecule has 1 heterocycles. The Balaban J connectivity index is 2.25. The van der Waals surface area contributed by atoms with Gasteiger partial charge < -0.3 is 5.32 Å². The van der Waals surface area contributed by atoms with E-state index < -0.39 is 4.92 Å². The second kappa shape index (κ2) is 7.07. The third kappa shape index (κ3) is 4.18. The van der Waals surface area contributed by atoms with Gasteiger partial charge in [0.2, 0.25) is 0 Å². The maximum atomic E-state index is 11.1. The molecule has 8 nitrogen and oxygen atoms in total. The van der Waals surface area contributed by atoms with Crippen molar-refractivity contribution in [2.75, 3.05) is 12.4 Å². The SMILES string of the molecule is COOCc1ccc(Nc2cnc(Br)cn2)c([N+](=O)[O-])c1. The summed E-state index contributed by atoms with van der Waals surface area (Å²) >= 11 is 3.17. The van der Waals surface area contributed by atoms with Crippen LogP contribution in [0, 0.1) is 10.1 Å². The van der Waals surface area contributed by atoms with Crippen molar-refractivity contribution in [1.82, 2.24) is 9.97 Å². The lowest BCUT2D eigenvalue weighted by molar-refractivity contribution is -0.384. The summed E-state index contributed by atoms with van der Waals surface area (Å²) < 4.78 is 0.578. The van der Waals surface area contributed by atoms with Crippen LogP contribution in [-0.4, -0.2) is 22.0 Å². The highest BCUT2D eigenvalue weighted by Gasteiger charge is 2.15. The number of aromatic nitrogens is 2. The van der Waals surface area contributed by atoms with Crippen LogP contribution in [0.25, 0.3) is 0 Å². The van der Waals surface area contributed by atoms with Crippen LogP contribution >= 0.6 is 15.9 Å². The van der Waals surface area contributed by atoms with Gasteiger partial charge in [-0.05, 0) is 27.6 Å². The van der Waals surface area contributed by atoms with Gasteiger partial charge >= 0.3 is 0 Å². The van der Waals surface area contributed by atoms with Crippen molar-refractivity contribution in [2.24, 2.45) is 0 Å². The van der Waals surface area contributed by atoms with Crippen LogP contribution in [0.15, 0.2) is 35.2 Å². The van der Waals surface area contributed by atoms with Gasteiger partial charge in [0.15, 0.2) is 0 Å². The Morgan fingerprint density at radius 3 is 2.81 bits per heavy atom. The summed E-state index contributed by atoms with van der Waals surface area (Å²) in [4.78, 5) is 27.9. The standard InChI is InChI=1S/C12H11BrN4O4/c1-20-21-7-8-2-3-9(10(4-8)17(18)19)16-12-6-14-11(13)5-15-12/h2-6H,7H2,1H3,(H,15,16). The predicted molar refractivity (Wildman–Crippen MR) is 77.9 cm³/mol. The van der Waals surface area contributed by atoms with E-state index in [1.54, 1.807) is 12.1 Å². The van der Waals surface area contributed by atoms with Crippen LogP contribution in [0.2, 0.25) is 0 Å². The first-order chi connectivity index (χ1) is 10.1. The first-order valence-corrected chi connectivity index (χ1v) is 6.57. The molecular formula is C12H11BrN4O4. The molecule has 2 aromatic rings. The summed E-state index contributed by atoms with van der Waals surface area (Å²) in [7, 11) is 1.37. The molecule has 1 N–H and O–H groups in total. The van der Waals surface area contributed by atoms with Gasteiger partial charge in [-0.15, -0.1) is 0 Å². The molecule has 0 unspecified atom stereocenters. The highest BCUT2D eigenvalue weighted by molar-refractivity contribution is 9.10. The van der Waals surface area contributed by atoms with E-state index >= 15 is 0 Å². The normalized spacial score (nSPS) is 10.4. The molecule has 0 fully saturated rings. The van der Waals surface area contributed by atoms with E-state index in [4.69, 9.17) is 4.89 Å². The van der Waals surface area contributed by atoms with Gasteiger partial charge in [-0.2, -0.15) is 0 Å². The Bertz CT molecular complexity index is 636. The van der Waals surface area contributed by atoms with Crippen LogP contribution in [-0.2, 0) is 16.4 Å². The maximum absolute atomic E-state index is 11.1. The van der Waals surface area contributed by atoms with Crippen molar-refractivity contribution in [3.8, 4) is 0 Å². The van der Waals surface area contributed by atoms with E-state index in [2.05, 4.69) is 36.1 Å². The lowest BCUT2D eigenvalue weighted by Gasteiger charge is -2.07. The smallest absolute Gasteiger partial charge is 0.293 e. The molecule has 9 heteroatoms. The molecule has 0 atom stereocenters. The fourth-order valence-corrected chi connectivity index (χ4v) is 1.77. The Kier molecular flexibility index (Phi) is 5.14. The van der Waals surface area contributed by atoms with Crippen molar-refractivity contribution in [3.63, 3.8) is 0 Å². The number of benzene rings is 1. The first kappa shape index (κ1) is 15.3. The molecular weight excluding hydrogens is 344 g/mol. The van der Waals surface area contributed by atoms with E-state index in [-0.39, 0.29) is 12.3 Å². The molecule has 1 aromatic carbocycles. The van der Waals surface area contributed by atoms with Crippen molar-refractivity contribution in [1.29, 1.82) is 0 Å². The van der Waals surface area contributed by atoms with Gasteiger partial charge in [0, 0.05) is 6.07 Å². The highest BCUT2D eigenvalue weighted by Crippen LogP contribution is 2.28. The number of nitrogens with one attached hydrogen (secondary N) is 1. The molecule has 0 radical (unpaired) electrons. The van der Waals surface area contributed by atoms with E-state index in [0.29, 0.717) is 21.7 Å². The zero-order valence-corrected chi connectivity index (χ0v) is 12.5. The summed E-state index contributed by atoms with van der Waals surface area (Å²) in [6, 6.07) is 4.69. The fraction of sp³-hybridized carbons (Fsp3) is 0.167. The quantitative estimate of drug-likeness (QED) is 0.483. The maximum Gasteiger partial charge on any atom is 0.293 e. The summed E-state index contributed by atoms with van der Waals surface area (Å²) in [5, 5.41) is 14.0. The van der Waals surface area contributed by atoms with Crippen molar-refractivity contribution in [3.05, 3.63) is 50.9 Å². The molecule has 110 valence electrons. The molecule has 0 amide bonds. The second-order valence-corrected chi connectivity index (χ2v) is 4.70. The van der Waals surface area contributed by atoms with Gasteiger partial charge in [-0.25, -0.2) is 19.7 Å². The topological polar surface area (TPSA) is 99.4 Å². The number of hydrogen-bond acceptors (Lipinski definition) is 7. The van der Waals surface area contributed by atoms with Gasteiger partial charge in [-0.3, -0.25) is 10.1 Å². The molecule has 1 aromatic heterocycles. The lowest BCUT2D eigenvalue weighted by Crippen LogP contribution is -2.01. The largest absolute Gasteiger partial charge is 0.333 e. The van der Waals surface area contributed by atoms with Gasteiger partial charge in [0.1, 0.15) is 22.7 Å². The number of nitrogens with zero attached hydrogens (tertiary/aromatic N) is 3. The van der Waals surface area contributed by atoms with Gasteiger partial charge in [-0.1, -0.05) is 6.07 Å². The van der Waals surface area contributed by atoms with E-state index in [1.165, 1.54) is 25.6 Å². The van der Waals surface area contributed by atoms with Crippen molar-refractivity contribution in [2.45, 2.75) is 6.61 Å². The number of anilines is 2. The van der Waals surface area contributed by atoms with Crippen LogP contribution in [0.5, 0.6) is 0 Å². The molecule has 2 rings (SSSR count). The van der Waals surface area contributed by atoms with Gasteiger partial charge in [0.05, 0.1) is 24.4 Å². The zero-order chi connectivity index (χ0) is 15.2. The number of halogens is 1. The van der Waals surface area contributed by atoms with Crippen molar-refractivity contribution < 1.29 is 14.7 Å². The number of nitro benzene ring substituents is 1. The van der Waals surface area contributed by atoms with Crippen LogP contribution in [0.3, 0.4) is 0 Å². The van der Waals surface area contributed by atoms with Crippen LogP contribution in [0.4, 0.5) is 17.2 Å². The summed E-state index contributed by atoms with van der Waals surface area (Å²) in [5.74, 6) is 0.405. The Hall–Kier alpha value is -2.10. The molecule has 0 aliphatic carbocycles. The van der Waals surface area contributed by atoms with Crippen LogP contribution in [0.1, 0.15) is 5.56 Å². The minimum Gasteiger partial charge on any atom is -0.333 e. The first-order valence-electron chi connectivity index (χ1n) is 5.77. The summed E-state index contributed by atoms with van der Waals surface area (Å²) in [5.41, 5.74) is 0.853. The third-order valence-corrected chi connectivity index (χ3v) is 2.89. The van der Waals surface area contributed by atoms with Crippen molar-refractivity contribution >= 4 is 33.1 Å². The molecule has 0 aliphatic heterocycles. The van der Waals surface area contributed by atoms with E-state index in [1.807, 2.05) is 0 Å². The molecule has 0 aliphatic rings. The average Bonchev–Trinajstić information content (AvgIpc) is 2.48. The fourth-order valence-electron chi connectivity index (χ4n) is 1.57. The minimum absolute atomic E-state index is 0.0862. The number of nitro groups is 1. The van der Waals surface area contributed by atoms with E-state index in [9.17, 15) is 10.1 Å². The monoisotopic (exact) mass is 354 g/mol. The number of hydrogen-bond donors (Lipinski definition) is 1. The average molecular weight is 355 g/mol. The summed E-state index contributed by atoms with van der Waals surface area (Å²) in [6.45, 7) is 0.121. The Morgan fingerprint density at radius 1 is 1.38 bits per heavy atom. The second-order valence-electron chi connectivity index (χ2n) is 3.89. The van der Waals surface area contributed by atoms with Gasteiger partial charge in [0.25, 0.3) is 5.69 Å². The Morgan fingerprint density at radius 2 is 2.19 bits per heavy atom. The molecule has 0 saturated carbocycles. The number of rotatable bonds is 6. The third-order valence-electron chi connectivity index (χ3n) is 2.49. The predicted octanol–water partition coefficient (Wildman–Crippen LogP) is 2.97. The van der Waals surface area contributed by atoms with E-state index in [0.717, 1.165) is 0 Å². The minimum atomic E-state index is -0.481.